The second kappa shape index (κ2) is 6.88. The highest BCUT2D eigenvalue weighted by Crippen LogP contribution is 2.31. The fourth-order valence-corrected chi connectivity index (χ4v) is 3.61. The molecule has 1 N–H and O–H groups in total. The molecule has 1 aromatic heterocycles. The molecule has 0 spiro atoms. The van der Waals surface area contributed by atoms with Crippen molar-refractivity contribution >= 4 is 35.1 Å². The lowest BCUT2D eigenvalue weighted by molar-refractivity contribution is 0.0764. The summed E-state index contributed by atoms with van der Waals surface area (Å²) in [4.78, 5) is 18.8. The molecule has 0 atom stereocenters. The first kappa shape index (κ1) is 16.4. The lowest BCUT2D eigenvalue weighted by atomic mass is 10.1. The average Bonchev–Trinajstić information content (AvgIpc) is 2.58. The van der Waals surface area contributed by atoms with Gasteiger partial charge in [0.05, 0.1) is 0 Å². The van der Waals surface area contributed by atoms with Crippen molar-refractivity contribution in [1.82, 2.24) is 9.88 Å². The van der Waals surface area contributed by atoms with E-state index in [1.54, 1.807) is 12.1 Å². The molecular formula is C15H22ClN3OS. The van der Waals surface area contributed by atoms with Crippen molar-refractivity contribution in [2.45, 2.75) is 31.9 Å². The number of aromatic nitrogens is 1. The summed E-state index contributed by atoms with van der Waals surface area (Å²) in [6.45, 7) is 8.77. The third kappa shape index (κ3) is 4.51. The molecule has 0 unspecified atom stereocenters. The Bertz CT molecular complexity index is 522. The fourth-order valence-electron chi connectivity index (χ4n) is 2.30. The summed E-state index contributed by atoms with van der Waals surface area (Å²) in [6.07, 6.45) is 1.00. The fraction of sp³-hybridized carbons (Fsp3) is 0.600. The van der Waals surface area contributed by atoms with Crippen LogP contribution in [0.1, 0.15) is 37.6 Å². The molecule has 116 valence electrons. The molecule has 0 radical (unpaired) electrons. The first-order chi connectivity index (χ1) is 9.91. The van der Waals surface area contributed by atoms with E-state index in [1.807, 2.05) is 23.6 Å². The Labute approximate surface area is 135 Å². The predicted octanol–water partition coefficient (Wildman–Crippen LogP) is 3.52. The lowest BCUT2D eigenvalue weighted by Gasteiger charge is -2.23. The van der Waals surface area contributed by atoms with Crippen molar-refractivity contribution in [2.24, 2.45) is 0 Å². The Morgan fingerprint density at radius 2 is 2.24 bits per heavy atom. The Morgan fingerprint density at radius 1 is 1.48 bits per heavy atom. The summed E-state index contributed by atoms with van der Waals surface area (Å²) in [5, 5.41) is 3.45. The van der Waals surface area contributed by atoms with E-state index in [4.69, 9.17) is 11.6 Å². The smallest absolute Gasteiger partial charge is 0.254 e. The predicted molar refractivity (Wildman–Crippen MR) is 90.5 cm³/mol. The SMILES string of the molecule is CCNc1cc(C(=O)N2CCSC(C)(C)CC2)cc(Cl)n1. The van der Waals surface area contributed by atoms with Gasteiger partial charge in [-0.15, -0.1) is 0 Å². The largest absolute Gasteiger partial charge is 0.370 e. The number of halogens is 1. The molecular weight excluding hydrogens is 306 g/mol. The molecule has 2 heterocycles. The van der Waals surface area contributed by atoms with Crippen LogP contribution in [0, 0.1) is 0 Å². The molecule has 21 heavy (non-hydrogen) atoms. The van der Waals surface area contributed by atoms with Crippen molar-refractivity contribution in [3.8, 4) is 0 Å². The highest BCUT2D eigenvalue weighted by Gasteiger charge is 2.26. The van der Waals surface area contributed by atoms with Crippen LogP contribution in [0.2, 0.25) is 5.15 Å². The Balaban J connectivity index is 2.15. The van der Waals surface area contributed by atoms with E-state index < -0.39 is 0 Å². The van der Waals surface area contributed by atoms with Gasteiger partial charge in [0.2, 0.25) is 0 Å². The number of nitrogens with one attached hydrogen (secondary N) is 1. The van der Waals surface area contributed by atoms with Crippen molar-refractivity contribution in [3.63, 3.8) is 0 Å². The van der Waals surface area contributed by atoms with Crippen molar-refractivity contribution in [2.75, 3.05) is 30.7 Å². The summed E-state index contributed by atoms with van der Waals surface area (Å²) in [7, 11) is 0. The van der Waals surface area contributed by atoms with Gasteiger partial charge in [-0.3, -0.25) is 4.79 Å². The van der Waals surface area contributed by atoms with Gasteiger partial charge in [0.15, 0.2) is 0 Å². The van der Waals surface area contributed by atoms with E-state index >= 15 is 0 Å². The third-order valence-corrected chi connectivity index (χ3v) is 5.09. The summed E-state index contributed by atoms with van der Waals surface area (Å²) >= 11 is 7.95. The Kier molecular flexibility index (Phi) is 5.38. The van der Waals surface area contributed by atoms with Crippen LogP contribution in [-0.4, -0.2) is 45.9 Å². The summed E-state index contributed by atoms with van der Waals surface area (Å²) < 4.78 is 0.236. The normalized spacial score (nSPS) is 18.2. The molecule has 0 bridgehead atoms. The van der Waals surface area contributed by atoms with Crippen LogP contribution < -0.4 is 5.32 Å². The number of rotatable bonds is 3. The molecule has 0 saturated carbocycles. The monoisotopic (exact) mass is 327 g/mol. The minimum atomic E-state index is 0.0387. The molecule has 6 heteroatoms. The van der Waals surface area contributed by atoms with Gasteiger partial charge in [-0.05, 0) is 25.5 Å². The van der Waals surface area contributed by atoms with Crippen molar-refractivity contribution in [1.29, 1.82) is 0 Å². The topological polar surface area (TPSA) is 45.2 Å². The molecule has 1 amide bonds. The van der Waals surface area contributed by atoms with Gasteiger partial charge < -0.3 is 10.2 Å². The van der Waals surface area contributed by atoms with E-state index in [0.717, 1.165) is 31.8 Å². The Morgan fingerprint density at radius 3 is 2.95 bits per heavy atom. The molecule has 1 aliphatic heterocycles. The number of thioether (sulfide) groups is 1. The maximum atomic E-state index is 12.7. The van der Waals surface area contributed by atoms with Crippen LogP contribution in [0.25, 0.3) is 0 Å². The zero-order valence-electron chi connectivity index (χ0n) is 12.8. The van der Waals surface area contributed by atoms with Crippen LogP contribution in [0.5, 0.6) is 0 Å². The number of pyridine rings is 1. The van der Waals surface area contributed by atoms with Crippen molar-refractivity contribution in [3.05, 3.63) is 22.8 Å². The minimum Gasteiger partial charge on any atom is -0.370 e. The highest BCUT2D eigenvalue weighted by molar-refractivity contribution is 8.00. The standard InChI is InChI=1S/C15H22ClN3OS/c1-4-17-13-10-11(9-12(16)18-13)14(20)19-6-5-15(2,3)21-8-7-19/h9-10H,4-8H2,1-3H3,(H,17,18). The third-order valence-electron chi connectivity index (χ3n) is 3.52. The molecule has 2 rings (SSSR count). The van der Waals surface area contributed by atoms with Crippen LogP contribution in [-0.2, 0) is 0 Å². The number of carbonyl (C=O) groups excluding carboxylic acids is 1. The number of nitrogens with zero attached hydrogens (tertiary/aromatic N) is 2. The van der Waals surface area contributed by atoms with Gasteiger partial charge in [-0.1, -0.05) is 25.4 Å². The zero-order valence-corrected chi connectivity index (χ0v) is 14.4. The first-order valence-corrected chi connectivity index (χ1v) is 8.62. The highest BCUT2D eigenvalue weighted by atomic mass is 35.5. The first-order valence-electron chi connectivity index (χ1n) is 7.26. The maximum absolute atomic E-state index is 12.7. The van der Waals surface area contributed by atoms with Crippen molar-refractivity contribution < 1.29 is 4.79 Å². The van der Waals surface area contributed by atoms with Gasteiger partial charge in [0.25, 0.3) is 5.91 Å². The molecule has 1 aliphatic rings. The minimum absolute atomic E-state index is 0.0387. The molecule has 1 aromatic rings. The van der Waals surface area contributed by atoms with Gasteiger partial charge in [0.1, 0.15) is 11.0 Å². The molecule has 4 nitrogen and oxygen atoms in total. The van der Waals surface area contributed by atoms with Crippen LogP contribution >= 0.6 is 23.4 Å². The van der Waals surface area contributed by atoms with Crippen LogP contribution in [0.3, 0.4) is 0 Å². The van der Waals surface area contributed by atoms with E-state index in [0.29, 0.717) is 16.5 Å². The summed E-state index contributed by atoms with van der Waals surface area (Å²) in [5.41, 5.74) is 0.607. The molecule has 0 aliphatic carbocycles. The van der Waals surface area contributed by atoms with Crippen LogP contribution in [0.4, 0.5) is 5.82 Å². The van der Waals surface area contributed by atoms with E-state index in [-0.39, 0.29) is 10.7 Å². The van der Waals surface area contributed by atoms with E-state index in [1.165, 1.54) is 0 Å². The maximum Gasteiger partial charge on any atom is 0.254 e. The number of carbonyl (C=O) groups is 1. The van der Waals surface area contributed by atoms with Crippen LogP contribution in [0.15, 0.2) is 12.1 Å². The second-order valence-corrected chi connectivity index (χ2v) is 7.93. The lowest BCUT2D eigenvalue weighted by Crippen LogP contribution is -2.33. The number of amides is 1. The number of hydrogen-bond donors (Lipinski definition) is 1. The Hall–Kier alpha value is -0.940. The van der Waals surface area contributed by atoms with E-state index in [9.17, 15) is 4.79 Å². The molecule has 0 aromatic carbocycles. The zero-order chi connectivity index (χ0) is 15.5. The van der Waals surface area contributed by atoms with Gasteiger partial charge >= 0.3 is 0 Å². The number of anilines is 1. The van der Waals surface area contributed by atoms with Gasteiger partial charge in [0, 0.05) is 35.7 Å². The van der Waals surface area contributed by atoms with Gasteiger partial charge in [-0.25, -0.2) is 4.98 Å². The molecule has 1 saturated heterocycles. The molecule has 1 fully saturated rings. The number of hydrogen-bond acceptors (Lipinski definition) is 4. The summed E-state index contributed by atoms with van der Waals surface area (Å²) in [6, 6.07) is 3.43. The van der Waals surface area contributed by atoms with Gasteiger partial charge in [-0.2, -0.15) is 11.8 Å². The van der Waals surface area contributed by atoms with E-state index in [2.05, 4.69) is 24.1 Å². The summed E-state index contributed by atoms with van der Waals surface area (Å²) in [5.74, 6) is 1.66. The second-order valence-electron chi connectivity index (χ2n) is 5.74. The quantitative estimate of drug-likeness (QED) is 0.863. The average molecular weight is 328 g/mol.